The van der Waals surface area contributed by atoms with Gasteiger partial charge in [0.15, 0.2) is 0 Å². The third kappa shape index (κ3) is 4.35. The molecular formula is C12H23N5O. The average molecular weight is 253 g/mol. The zero-order chi connectivity index (χ0) is 13.6. The average Bonchev–Trinajstić information content (AvgIpc) is 2.28. The largest absolute Gasteiger partial charge is 0.464 e. The summed E-state index contributed by atoms with van der Waals surface area (Å²) in [7, 11) is 1.77. The minimum atomic E-state index is -0.0510. The lowest BCUT2D eigenvalue weighted by molar-refractivity contribution is 0.312. The Balaban J connectivity index is 2.90. The van der Waals surface area contributed by atoms with E-state index in [1.165, 1.54) is 0 Å². The van der Waals surface area contributed by atoms with Gasteiger partial charge in [0.05, 0.1) is 6.61 Å². The quantitative estimate of drug-likeness (QED) is 0.777. The second kappa shape index (κ2) is 6.37. The first-order chi connectivity index (χ1) is 8.50. The van der Waals surface area contributed by atoms with Crippen LogP contribution in [0.15, 0.2) is 0 Å². The molecule has 0 bridgehead atoms. The van der Waals surface area contributed by atoms with Gasteiger partial charge >= 0.3 is 6.01 Å². The molecule has 0 spiro atoms. The van der Waals surface area contributed by atoms with E-state index in [4.69, 9.17) is 4.74 Å². The third-order valence-electron chi connectivity index (χ3n) is 2.44. The van der Waals surface area contributed by atoms with Gasteiger partial charge in [-0.2, -0.15) is 15.0 Å². The van der Waals surface area contributed by atoms with Crippen molar-refractivity contribution < 1.29 is 4.74 Å². The number of nitrogens with zero attached hydrogens (tertiary/aromatic N) is 3. The number of rotatable bonds is 7. The van der Waals surface area contributed by atoms with Gasteiger partial charge in [0.25, 0.3) is 0 Å². The molecule has 0 amide bonds. The zero-order valence-corrected chi connectivity index (χ0v) is 11.9. The maximum atomic E-state index is 5.32. The van der Waals surface area contributed by atoms with Gasteiger partial charge in [0.1, 0.15) is 0 Å². The predicted molar refractivity (Wildman–Crippen MR) is 73.2 cm³/mol. The van der Waals surface area contributed by atoms with Crippen molar-refractivity contribution in [2.24, 2.45) is 0 Å². The van der Waals surface area contributed by atoms with Crippen molar-refractivity contribution in [3.05, 3.63) is 0 Å². The molecule has 0 fully saturated rings. The van der Waals surface area contributed by atoms with Crippen molar-refractivity contribution in [2.45, 2.75) is 46.1 Å². The fraction of sp³-hybridized carbons (Fsp3) is 0.750. The molecule has 1 aromatic heterocycles. The van der Waals surface area contributed by atoms with Gasteiger partial charge in [-0.1, -0.05) is 13.3 Å². The molecule has 102 valence electrons. The molecule has 0 aromatic carbocycles. The van der Waals surface area contributed by atoms with Crippen LogP contribution in [0.2, 0.25) is 0 Å². The Kier molecular flexibility index (Phi) is 5.12. The van der Waals surface area contributed by atoms with E-state index in [9.17, 15) is 0 Å². The monoisotopic (exact) mass is 253 g/mol. The summed E-state index contributed by atoms with van der Waals surface area (Å²) in [6.07, 6.45) is 2.14. The summed E-state index contributed by atoms with van der Waals surface area (Å²) < 4.78 is 5.32. The summed E-state index contributed by atoms with van der Waals surface area (Å²) in [6, 6.07) is 0.339. The lowest BCUT2D eigenvalue weighted by Gasteiger charge is -2.25. The molecule has 0 unspecified atom stereocenters. The molecule has 1 aromatic rings. The topological polar surface area (TPSA) is 72.0 Å². The van der Waals surface area contributed by atoms with Crippen molar-refractivity contribution in [1.29, 1.82) is 0 Å². The van der Waals surface area contributed by atoms with Gasteiger partial charge in [0, 0.05) is 12.6 Å². The number of hydrogen-bond donors (Lipinski definition) is 2. The standard InChI is InChI=1S/C12H23N5O/c1-6-8-12(3,4)17-10-14-9(13-5)15-11(16-10)18-7-2/h6-8H2,1-5H3,(H2,13,14,15,16,17). The van der Waals surface area contributed by atoms with E-state index in [0.717, 1.165) is 12.8 Å². The molecule has 0 saturated carbocycles. The van der Waals surface area contributed by atoms with Gasteiger partial charge in [-0.15, -0.1) is 0 Å². The number of nitrogens with one attached hydrogen (secondary N) is 2. The molecule has 1 heterocycles. The van der Waals surface area contributed by atoms with Gasteiger partial charge in [-0.25, -0.2) is 0 Å². The second-order valence-electron chi connectivity index (χ2n) is 4.71. The van der Waals surface area contributed by atoms with Crippen LogP contribution in [0.1, 0.15) is 40.5 Å². The van der Waals surface area contributed by atoms with Gasteiger partial charge in [0.2, 0.25) is 11.9 Å². The van der Waals surface area contributed by atoms with E-state index in [2.05, 4.69) is 46.4 Å². The maximum Gasteiger partial charge on any atom is 0.323 e. The minimum absolute atomic E-state index is 0.0510. The van der Waals surface area contributed by atoms with Crippen LogP contribution in [0.4, 0.5) is 11.9 Å². The smallest absolute Gasteiger partial charge is 0.323 e. The summed E-state index contributed by atoms with van der Waals surface area (Å²) in [6.45, 7) is 8.84. The highest BCUT2D eigenvalue weighted by Gasteiger charge is 2.18. The SMILES string of the molecule is CCCC(C)(C)Nc1nc(NC)nc(OCC)n1. The molecule has 0 aliphatic rings. The highest BCUT2D eigenvalue weighted by Crippen LogP contribution is 2.19. The van der Waals surface area contributed by atoms with Crippen LogP contribution in [0.3, 0.4) is 0 Å². The lowest BCUT2D eigenvalue weighted by atomic mass is 9.99. The number of hydrogen-bond acceptors (Lipinski definition) is 6. The Bertz CT molecular complexity index is 381. The van der Waals surface area contributed by atoms with Gasteiger partial charge in [-0.05, 0) is 27.2 Å². The summed E-state index contributed by atoms with van der Waals surface area (Å²) in [5, 5.41) is 6.21. The normalized spacial score (nSPS) is 11.2. The second-order valence-corrected chi connectivity index (χ2v) is 4.71. The highest BCUT2D eigenvalue weighted by molar-refractivity contribution is 5.37. The van der Waals surface area contributed by atoms with Crippen molar-refractivity contribution >= 4 is 11.9 Å². The van der Waals surface area contributed by atoms with Crippen LogP contribution in [0.25, 0.3) is 0 Å². The van der Waals surface area contributed by atoms with E-state index in [-0.39, 0.29) is 5.54 Å². The first-order valence-corrected chi connectivity index (χ1v) is 6.35. The van der Waals surface area contributed by atoms with E-state index in [1.54, 1.807) is 7.05 Å². The molecule has 1 rings (SSSR count). The number of anilines is 2. The van der Waals surface area contributed by atoms with Crippen LogP contribution >= 0.6 is 0 Å². The first-order valence-electron chi connectivity index (χ1n) is 6.35. The van der Waals surface area contributed by atoms with Gasteiger partial charge < -0.3 is 15.4 Å². The molecule has 18 heavy (non-hydrogen) atoms. The van der Waals surface area contributed by atoms with Crippen molar-refractivity contribution in [2.75, 3.05) is 24.3 Å². The van der Waals surface area contributed by atoms with Crippen LogP contribution in [0, 0.1) is 0 Å². The van der Waals surface area contributed by atoms with E-state index in [0.29, 0.717) is 24.5 Å². The summed E-state index contributed by atoms with van der Waals surface area (Å²) in [5.74, 6) is 1.04. The Hall–Kier alpha value is -1.59. The Morgan fingerprint density at radius 1 is 1.11 bits per heavy atom. The Labute approximate surface area is 109 Å². The molecule has 0 saturated heterocycles. The summed E-state index contributed by atoms with van der Waals surface area (Å²) >= 11 is 0. The maximum absolute atomic E-state index is 5.32. The molecule has 2 N–H and O–H groups in total. The summed E-state index contributed by atoms with van der Waals surface area (Å²) in [5.41, 5.74) is -0.0510. The number of ether oxygens (including phenoxy) is 1. The van der Waals surface area contributed by atoms with E-state index < -0.39 is 0 Å². The number of aromatic nitrogens is 3. The van der Waals surface area contributed by atoms with Crippen LogP contribution in [-0.2, 0) is 0 Å². The highest BCUT2D eigenvalue weighted by atomic mass is 16.5. The molecule has 0 aliphatic heterocycles. The van der Waals surface area contributed by atoms with Crippen LogP contribution in [0.5, 0.6) is 6.01 Å². The molecule has 0 atom stereocenters. The fourth-order valence-corrected chi connectivity index (χ4v) is 1.71. The predicted octanol–water partition coefficient (Wildman–Crippen LogP) is 2.30. The Morgan fingerprint density at radius 3 is 2.33 bits per heavy atom. The summed E-state index contributed by atoms with van der Waals surface area (Å²) in [4.78, 5) is 12.6. The Morgan fingerprint density at radius 2 is 1.78 bits per heavy atom. The van der Waals surface area contributed by atoms with Crippen LogP contribution in [-0.4, -0.2) is 34.1 Å². The third-order valence-corrected chi connectivity index (χ3v) is 2.44. The van der Waals surface area contributed by atoms with E-state index in [1.807, 2.05) is 6.92 Å². The molecule has 0 aliphatic carbocycles. The van der Waals surface area contributed by atoms with E-state index >= 15 is 0 Å². The molecular weight excluding hydrogens is 230 g/mol. The minimum Gasteiger partial charge on any atom is -0.464 e. The van der Waals surface area contributed by atoms with Crippen molar-refractivity contribution in [3.8, 4) is 6.01 Å². The van der Waals surface area contributed by atoms with Crippen LogP contribution < -0.4 is 15.4 Å². The van der Waals surface area contributed by atoms with Gasteiger partial charge in [-0.3, -0.25) is 0 Å². The van der Waals surface area contributed by atoms with Crippen molar-refractivity contribution in [3.63, 3.8) is 0 Å². The fourth-order valence-electron chi connectivity index (χ4n) is 1.71. The molecule has 0 radical (unpaired) electrons. The molecule has 6 nitrogen and oxygen atoms in total. The van der Waals surface area contributed by atoms with Crippen molar-refractivity contribution in [1.82, 2.24) is 15.0 Å². The zero-order valence-electron chi connectivity index (χ0n) is 11.9. The lowest BCUT2D eigenvalue weighted by Crippen LogP contribution is -2.31. The molecule has 6 heteroatoms. The first kappa shape index (κ1) is 14.5.